The summed E-state index contributed by atoms with van der Waals surface area (Å²) in [6, 6.07) is -0.826. The van der Waals surface area contributed by atoms with Crippen LogP contribution in [0.1, 0.15) is 6.92 Å². The molecule has 1 aliphatic heterocycles. The Bertz CT molecular complexity index is 543. The van der Waals surface area contributed by atoms with Crippen molar-refractivity contribution in [2.24, 2.45) is 0 Å². The number of carbonyl (C=O) groups is 1. The summed E-state index contributed by atoms with van der Waals surface area (Å²) in [5.41, 5.74) is 0. The highest BCUT2D eigenvalue weighted by Gasteiger charge is 2.36. The zero-order valence-electron chi connectivity index (χ0n) is 11.6. The third-order valence-electron chi connectivity index (χ3n) is 2.92. The van der Waals surface area contributed by atoms with Gasteiger partial charge in [0, 0.05) is 32.4 Å². The molecular weight excluding hydrogens is 306 g/mol. The van der Waals surface area contributed by atoms with Crippen molar-refractivity contribution in [1.29, 1.82) is 0 Å². The maximum atomic E-state index is 12.2. The SMILES string of the molecule is CCNC(=O)C1CNCCN1S(=O)(=O)CCS(C)(=O)=O. The molecule has 1 amide bonds. The average molecular weight is 327 g/mol. The highest BCUT2D eigenvalue weighted by atomic mass is 32.2. The van der Waals surface area contributed by atoms with E-state index in [0.717, 1.165) is 10.6 Å². The Hall–Kier alpha value is -0.710. The van der Waals surface area contributed by atoms with Crippen molar-refractivity contribution in [3.05, 3.63) is 0 Å². The third kappa shape index (κ3) is 5.00. The van der Waals surface area contributed by atoms with Crippen molar-refractivity contribution in [2.75, 3.05) is 43.9 Å². The van der Waals surface area contributed by atoms with Crippen molar-refractivity contribution >= 4 is 25.8 Å². The first-order chi connectivity index (χ1) is 9.17. The van der Waals surface area contributed by atoms with Crippen molar-refractivity contribution in [1.82, 2.24) is 14.9 Å². The molecule has 0 saturated carbocycles. The zero-order chi connectivity index (χ0) is 15.4. The van der Waals surface area contributed by atoms with Crippen molar-refractivity contribution in [3.63, 3.8) is 0 Å². The largest absolute Gasteiger partial charge is 0.355 e. The molecule has 8 nitrogen and oxygen atoms in total. The molecule has 1 rings (SSSR count). The van der Waals surface area contributed by atoms with E-state index >= 15 is 0 Å². The molecule has 0 aromatic carbocycles. The van der Waals surface area contributed by atoms with Gasteiger partial charge in [-0.25, -0.2) is 16.8 Å². The maximum absolute atomic E-state index is 12.2. The van der Waals surface area contributed by atoms with Crippen molar-refractivity contribution in [3.8, 4) is 0 Å². The van der Waals surface area contributed by atoms with Crippen LogP contribution in [0.15, 0.2) is 0 Å². The number of amides is 1. The molecule has 0 aromatic heterocycles. The third-order valence-corrected chi connectivity index (χ3v) is 5.99. The fraction of sp³-hybridized carbons (Fsp3) is 0.900. The number of piperazine rings is 1. The van der Waals surface area contributed by atoms with Gasteiger partial charge in [0.15, 0.2) is 0 Å². The number of sulfone groups is 1. The summed E-state index contributed by atoms with van der Waals surface area (Å²) in [5.74, 6) is -1.31. The van der Waals surface area contributed by atoms with Gasteiger partial charge < -0.3 is 10.6 Å². The van der Waals surface area contributed by atoms with Gasteiger partial charge in [-0.15, -0.1) is 0 Å². The minimum absolute atomic E-state index is 0.161. The number of hydrogen-bond donors (Lipinski definition) is 2. The van der Waals surface area contributed by atoms with Gasteiger partial charge >= 0.3 is 0 Å². The first-order valence-electron chi connectivity index (χ1n) is 6.33. The Balaban J connectivity index is 2.86. The van der Waals surface area contributed by atoms with E-state index in [1.165, 1.54) is 0 Å². The van der Waals surface area contributed by atoms with E-state index in [0.29, 0.717) is 13.1 Å². The number of hydrogen-bond acceptors (Lipinski definition) is 6. The highest BCUT2D eigenvalue weighted by Crippen LogP contribution is 2.11. The zero-order valence-corrected chi connectivity index (χ0v) is 13.3. The van der Waals surface area contributed by atoms with E-state index in [1.807, 2.05) is 0 Å². The smallest absolute Gasteiger partial charge is 0.239 e. The summed E-state index contributed by atoms with van der Waals surface area (Å²) in [6.07, 6.45) is 0.988. The molecule has 0 spiro atoms. The Morgan fingerprint density at radius 2 is 1.95 bits per heavy atom. The molecule has 0 radical (unpaired) electrons. The van der Waals surface area contributed by atoms with Crippen LogP contribution in [-0.4, -0.2) is 77.0 Å². The lowest BCUT2D eigenvalue weighted by Crippen LogP contribution is -2.60. The van der Waals surface area contributed by atoms with Crippen LogP contribution in [0.4, 0.5) is 0 Å². The molecule has 0 bridgehead atoms. The fourth-order valence-corrected chi connectivity index (χ4v) is 5.12. The van der Waals surface area contributed by atoms with E-state index < -0.39 is 37.4 Å². The molecule has 118 valence electrons. The second-order valence-electron chi connectivity index (χ2n) is 4.67. The minimum Gasteiger partial charge on any atom is -0.355 e. The lowest BCUT2D eigenvalue weighted by molar-refractivity contribution is -0.125. The number of nitrogens with zero attached hydrogens (tertiary/aromatic N) is 1. The lowest BCUT2D eigenvalue weighted by atomic mass is 10.2. The molecule has 1 atom stereocenters. The van der Waals surface area contributed by atoms with Crippen LogP contribution in [0.2, 0.25) is 0 Å². The number of rotatable bonds is 6. The lowest BCUT2D eigenvalue weighted by Gasteiger charge is -2.34. The van der Waals surface area contributed by atoms with Crippen LogP contribution in [0.3, 0.4) is 0 Å². The van der Waals surface area contributed by atoms with Crippen LogP contribution in [0.25, 0.3) is 0 Å². The van der Waals surface area contributed by atoms with Gasteiger partial charge in [0.1, 0.15) is 15.9 Å². The summed E-state index contributed by atoms with van der Waals surface area (Å²) in [4.78, 5) is 11.9. The first kappa shape index (κ1) is 17.3. The van der Waals surface area contributed by atoms with Crippen molar-refractivity contribution in [2.45, 2.75) is 13.0 Å². The molecule has 0 aliphatic carbocycles. The predicted molar refractivity (Wildman–Crippen MR) is 75.5 cm³/mol. The van der Waals surface area contributed by atoms with Gasteiger partial charge in [-0.3, -0.25) is 4.79 Å². The molecule has 1 unspecified atom stereocenters. The van der Waals surface area contributed by atoms with Crippen LogP contribution in [0.5, 0.6) is 0 Å². The summed E-state index contributed by atoms with van der Waals surface area (Å²) >= 11 is 0. The Morgan fingerprint density at radius 1 is 1.30 bits per heavy atom. The maximum Gasteiger partial charge on any atom is 0.239 e. The first-order valence-corrected chi connectivity index (χ1v) is 10.00. The van der Waals surface area contributed by atoms with Crippen molar-refractivity contribution < 1.29 is 21.6 Å². The summed E-state index contributed by atoms with van der Waals surface area (Å²) < 4.78 is 47.7. The second kappa shape index (κ2) is 6.83. The number of likely N-dealkylation sites (N-methyl/N-ethyl adjacent to an activating group) is 1. The molecular formula is C10H21N3O5S2. The van der Waals surface area contributed by atoms with E-state index in [9.17, 15) is 21.6 Å². The monoisotopic (exact) mass is 327 g/mol. The molecule has 1 aliphatic rings. The molecule has 1 saturated heterocycles. The summed E-state index contributed by atoms with van der Waals surface area (Å²) in [6.45, 7) is 2.98. The summed E-state index contributed by atoms with van der Waals surface area (Å²) in [5, 5.41) is 5.55. The predicted octanol–water partition coefficient (Wildman–Crippen LogP) is -2.23. The Labute approximate surface area is 119 Å². The topological polar surface area (TPSA) is 113 Å². The minimum atomic E-state index is -3.78. The standard InChI is InChI=1S/C10H21N3O5S2/c1-3-12-10(14)9-8-11-4-5-13(9)20(17,18)7-6-19(2,15)16/h9,11H,3-8H2,1-2H3,(H,12,14). The van der Waals surface area contributed by atoms with E-state index in [1.54, 1.807) is 6.92 Å². The van der Waals surface area contributed by atoms with E-state index in [-0.39, 0.29) is 19.0 Å². The number of nitrogens with one attached hydrogen (secondary N) is 2. The van der Waals surface area contributed by atoms with E-state index in [4.69, 9.17) is 0 Å². The molecule has 1 fully saturated rings. The van der Waals surface area contributed by atoms with Gasteiger partial charge in [0.05, 0.1) is 11.5 Å². The van der Waals surface area contributed by atoms with Crippen LogP contribution < -0.4 is 10.6 Å². The van der Waals surface area contributed by atoms with Gasteiger partial charge in [-0.05, 0) is 6.92 Å². The summed E-state index contributed by atoms with van der Waals surface area (Å²) in [7, 11) is -7.14. The van der Waals surface area contributed by atoms with Crippen LogP contribution in [0, 0.1) is 0 Å². The Kier molecular flexibility index (Phi) is 5.92. The van der Waals surface area contributed by atoms with Gasteiger partial charge in [0.25, 0.3) is 0 Å². The number of carbonyl (C=O) groups excluding carboxylic acids is 1. The van der Waals surface area contributed by atoms with E-state index in [2.05, 4.69) is 10.6 Å². The molecule has 2 N–H and O–H groups in total. The fourth-order valence-electron chi connectivity index (χ4n) is 1.91. The number of sulfonamides is 1. The average Bonchev–Trinajstić information content (AvgIpc) is 2.36. The molecule has 20 heavy (non-hydrogen) atoms. The Morgan fingerprint density at radius 3 is 2.50 bits per heavy atom. The van der Waals surface area contributed by atoms with Crippen LogP contribution >= 0.6 is 0 Å². The molecule has 1 heterocycles. The highest BCUT2D eigenvalue weighted by molar-refractivity contribution is 7.93. The second-order valence-corrected chi connectivity index (χ2v) is 8.97. The van der Waals surface area contributed by atoms with Crippen LogP contribution in [-0.2, 0) is 24.7 Å². The normalized spacial score (nSPS) is 21.6. The molecule has 10 heteroatoms. The quantitative estimate of drug-likeness (QED) is 0.571. The van der Waals surface area contributed by atoms with Gasteiger partial charge in [-0.2, -0.15) is 4.31 Å². The van der Waals surface area contributed by atoms with Gasteiger partial charge in [-0.1, -0.05) is 0 Å². The van der Waals surface area contributed by atoms with Gasteiger partial charge in [0.2, 0.25) is 15.9 Å². The molecule has 0 aromatic rings.